The Morgan fingerprint density at radius 3 is 2.59 bits per heavy atom. The van der Waals surface area contributed by atoms with Crippen LogP contribution in [0.2, 0.25) is 0 Å². The molecule has 2 fully saturated rings. The molecule has 0 bridgehead atoms. The minimum absolute atomic E-state index is 0.00101. The van der Waals surface area contributed by atoms with E-state index in [1.54, 1.807) is 41.1 Å². The third-order valence-corrected chi connectivity index (χ3v) is 6.10. The van der Waals surface area contributed by atoms with Crippen molar-refractivity contribution in [1.82, 2.24) is 4.57 Å². The molecule has 1 aliphatic carbocycles. The molecule has 32 heavy (non-hydrogen) atoms. The van der Waals surface area contributed by atoms with Crippen LogP contribution in [-0.4, -0.2) is 46.1 Å². The molecule has 164 valence electrons. The number of benzene rings is 2. The highest BCUT2D eigenvalue weighted by molar-refractivity contribution is 5.93. The number of phenols is 1. The van der Waals surface area contributed by atoms with Gasteiger partial charge in [-0.15, -0.1) is 0 Å². The molecule has 0 spiro atoms. The van der Waals surface area contributed by atoms with Crippen LogP contribution < -0.4 is 10.3 Å². The van der Waals surface area contributed by atoms with E-state index in [0.717, 1.165) is 24.8 Å². The van der Waals surface area contributed by atoms with Crippen LogP contribution in [0.15, 0.2) is 52.4 Å². The summed E-state index contributed by atoms with van der Waals surface area (Å²) in [6.07, 6.45) is 5.71. The third-order valence-electron chi connectivity index (χ3n) is 6.10. The molecule has 7 nitrogen and oxygen atoms in total. The van der Waals surface area contributed by atoms with Crippen molar-refractivity contribution in [2.75, 3.05) is 18.0 Å². The largest absolute Gasteiger partial charge is 0.508 e. The normalized spacial score (nSPS) is 18.7. The van der Waals surface area contributed by atoms with Crippen molar-refractivity contribution in [2.24, 2.45) is 4.99 Å². The van der Waals surface area contributed by atoms with E-state index in [-0.39, 0.29) is 28.8 Å². The molecule has 1 saturated carbocycles. The molecule has 5 rings (SSSR count). The molecule has 2 aliphatic rings. The van der Waals surface area contributed by atoms with Crippen molar-refractivity contribution >= 4 is 28.8 Å². The van der Waals surface area contributed by atoms with Crippen LogP contribution in [0.3, 0.4) is 0 Å². The van der Waals surface area contributed by atoms with Gasteiger partial charge in [-0.05, 0) is 61.2 Å². The fourth-order valence-corrected chi connectivity index (χ4v) is 4.24. The number of halogens is 1. The monoisotopic (exact) mass is 435 g/mol. The number of hydrogen-bond acceptors (Lipinski definition) is 5. The maximum Gasteiger partial charge on any atom is 0.341 e. The van der Waals surface area contributed by atoms with Gasteiger partial charge in [-0.1, -0.05) is 0 Å². The summed E-state index contributed by atoms with van der Waals surface area (Å²) in [7, 11) is 0. The highest BCUT2D eigenvalue weighted by atomic mass is 19.1. The Morgan fingerprint density at radius 2 is 1.91 bits per heavy atom. The van der Waals surface area contributed by atoms with Crippen molar-refractivity contribution in [1.29, 1.82) is 0 Å². The lowest BCUT2D eigenvalue weighted by molar-refractivity contribution is 0.0695. The van der Waals surface area contributed by atoms with Crippen molar-refractivity contribution in [3.05, 3.63) is 69.8 Å². The smallest absolute Gasteiger partial charge is 0.341 e. The molecule has 1 saturated heterocycles. The first-order valence-corrected chi connectivity index (χ1v) is 10.6. The zero-order valence-electron chi connectivity index (χ0n) is 17.2. The van der Waals surface area contributed by atoms with E-state index in [1.807, 2.05) is 4.90 Å². The second-order valence-corrected chi connectivity index (χ2v) is 8.39. The van der Waals surface area contributed by atoms with Crippen LogP contribution in [0, 0.1) is 5.82 Å². The van der Waals surface area contributed by atoms with Crippen LogP contribution in [0.5, 0.6) is 5.75 Å². The Labute approximate surface area is 183 Å². The molecule has 0 radical (unpaired) electrons. The number of aliphatic imine (C=N–C) groups is 1. The fraction of sp³-hybridized carbons (Fsp3) is 0.292. The van der Waals surface area contributed by atoms with Gasteiger partial charge >= 0.3 is 5.97 Å². The first-order valence-electron chi connectivity index (χ1n) is 10.6. The lowest BCUT2D eigenvalue weighted by Crippen LogP contribution is -2.23. The van der Waals surface area contributed by atoms with Crippen LogP contribution in [0.1, 0.15) is 41.2 Å². The number of aromatic nitrogens is 1. The molecular weight excluding hydrogens is 413 g/mol. The minimum Gasteiger partial charge on any atom is -0.508 e. The summed E-state index contributed by atoms with van der Waals surface area (Å²) in [5, 5.41) is 18.9. The number of carboxylic acid groups (broad SMARTS) is 1. The molecule has 8 heteroatoms. The zero-order chi connectivity index (χ0) is 22.4. The van der Waals surface area contributed by atoms with Gasteiger partial charge in [0.1, 0.15) is 17.1 Å². The molecule has 2 aromatic carbocycles. The van der Waals surface area contributed by atoms with Crippen molar-refractivity contribution in [3.63, 3.8) is 0 Å². The van der Waals surface area contributed by atoms with Gasteiger partial charge in [-0.2, -0.15) is 0 Å². The lowest BCUT2D eigenvalue weighted by Gasteiger charge is -2.21. The SMILES string of the molecule is O=C(O)c1cn(C2CC2)c2cc(N3CCC(/N=C/c4ccc(O)cc4)C3)c(F)cc2c1=O. The first-order chi connectivity index (χ1) is 15.4. The number of aromatic hydroxyl groups is 1. The highest BCUT2D eigenvalue weighted by Crippen LogP contribution is 2.38. The van der Waals surface area contributed by atoms with Crippen LogP contribution in [-0.2, 0) is 0 Å². The van der Waals surface area contributed by atoms with Gasteiger partial charge < -0.3 is 19.7 Å². The van der Waals surface area contributed by atoms with Crippen LogP contribution in [0.4, 0.5) is 10.1 Å². The summed E-state index contributed by atoms with van der Waals surface area (Å²) in [5.41, 5.74) is 0.849. The van der Waals surface area contributed by atoms with Crippen LogP contribution >= 0.6 is 0 Å². The molecule has 0 amide bonds. The number of nitrogens with zero attached hydrogens (tertiary/aromatic N) is 3. The maximum absolute atomic E-state index is 15.0. The number of fused-ring (bicyclic) bond motifs is 1. The third kappa shape index (κ3) is 3.72. The zero-order valence-corrected chi connectivity index (χ0v) is 17.2. The topological polar surface area (TPSA) is 95.1 Å². The summed E-state index contributed by atoms with van der Waals surface area (Å²) in [5.74, 6) is -1.64. The van der Waals surface area contributed by atoms with E-state index in [1.165, 1.54) is 12.3 Å². The van der Waals surface area contributed by atoms with Crippen LogP contribution in [0.25, 0.3) is 10.9 Å². The Balaban J connectivity index is 1.46. The van der Waals surface area contributed by atoms with Gasteiger partial charge in [0.15, 0.2) is 0 Å². The molecule has 3 aromatic rings. The first kappa shape index (κ1) is 20.2. The van der Waals surface area contributed by atoms with E-state index in [0.29, 0.717) is 24.3 Å². The second-order valence-electron chi connectivity index (χ2n) is 8.39. The Morgan fingerprint density at radius 1 is 1.16 bits per heavy atom. The van der Waals surface area contributed by atoms with Gasteiger partial charge in [0.2, 0.25) is 5.43 Å². The lowest BCUT2D eigenvalue weighted by atomic mass is 10.1. The number of hydrogen-bond donors (Lipinski definition) is 2. The number of carboxylic acids is 1. The van der Waals surface area contributed by atoms with Gasteiger partial charge in [-0.25, -0.2) is 9.18 Å². The summed E-state index contributed by atoms with van der Waals surface area (Å²) < 4.78 is 16.9. The van der Waals surface area contributed by atoms with Gasteiger partial charge in [-0.3, -0.25) is 9.79 Å². The Hall–Kier alpha value is -3.68. The van der Waals surface area contributed by atoms with E-state index in [9.17, 15) is 19.8 Å². The maximum atomic E-state index is 15.0. The van der Waals surface area contributed by atoms with Crippen molar-refractivity contribution in [3.8, 4) is 5.75 Å². The number of pyridine rings is 1. The summed E-state index contributed by atoms with van der Waals surface area (Å²) in [6, 6.07) is 9.72. The summed E-state index contributed by atoms with van der Waals surface area (Å²) in [6.45, 7) is 1.17. The fourth-order valence-electron chi connectivity index (χ4n) is 4.24. The minimum atomic E-state index is -1.30. The standard InChI is InChI=1S/C24H22FN3O4/c25-20-9-18-21(28(16-3-4-16)13-19(23(18)30)24(31)32)10-22(20)27-8-7-15(12-27)26-11-14-1-5-17(29)6-2-14/h1-2,5-6,9-11,13,15-16,29H,3-4,7-8,12H2,(H,31,32)/b26-11+. The molecule has 1 atom stereocenters. The van der Waals surface area contributed by atoms with Crippen molar-refractivity contribution in [2.45, 2.75) is 31.3 Å². The number of phenolic OH excluding ortho intramolecular Hbond substituents is 1. The molecule has 1 aromatic heterocycles. The molecular formula is C24H22FN3O4. The predicted molar refractivity (Wildman–Crippen MR) is 120 cm³/mol. The average Bonchev–Trinajstić information content (AvgIpc) is 3.51. The number of carbonyl (C=O) groups is 1. The van der Waals surface area contributed by atoms with Gasteiger partial charge in [0.25, 0.3) is 0 Å². The molecule has 1 aliphatic heterocycles. The second kappa shape index (κ2) is 7.78. The summed E-state index contributed by atoms with van der Waals surface area (Å²) >= 11 is 0. The predicted octanol–water partition coefficient (Wildman–Crippen LogP) is 3.58. The molecule has 2 heterocycles. The number of rotatable bonds is 5. The van der Waals surface area contributed by atoms with E-state index in [4.69, 9.17) is 0 Å². The van der Waals surface area contributed by atoms with Gasteiger partial charge in [0.05, 0.1) is 17.2 Å². The van der Waals surface area contributed by atoms with E-state index >= 15 is 4.39 Å². The number of anilines is 1. The molecule has 1 unspecified atom stereocenters. The van der Waals surface area contributed by atoms with E-state index < -0.39 is 17.2 Å². The molecule has 2 N–H and O–H groups in total. The highest BCUT2D eigenvalue weighted by Gasteiger charge is 2.29. The van der Waals surface area contributed by atoms with Crippen molar-refractivity contribution < 1.29 is 19.4 Å². The Bertz CT molecular complexity index is 1300. The quantitative estimate of drug-likeness (QED) is 0.598. The summed E-state index contributed by atoms with van der Waals surface area (Å²) in [4.78, 5) is 30.6. The Kier molecular flexibility index (Phi) is 4.92. The average molecular weight is 435 g/mol. The van der Waals surface area contributed by atoms with Gasteiger partial charge in [0, 0.05) is 36.9 Å². The number of aromatic carboxylic acids is 1. The van der Waals surface area contributed by atoms with E-state index in [2.05, 4.69) is 4.99 Å².